The third-order valence-electron chi connectivity index (χ3n) is 3.57. The smallest absolute Gasteiger partial charge is 0.341 e. The molecule has 2 aromatic heterocycles. The second kappa shape index (κ2) is 3.20. The van der Waals surface area contributed by atoms with Gasteiger partial charge >= 0.3 is 5.97 Å². The van der Waals surface area contributed by atoms with Crippen molar-refractivity contribution >= 4 is 17.4 Å². The van der Waals surface area contributed by atoms with E-state index in [0.29, 0.717) is 17.8 Å². The molecule has 4 heterocycles. The highest BCUT2D eigenvalue weighted by molar-refractivity contribution is 5.94. The lowest BCUT2D eigenvalue weighted by Crippen LogP contribution is -2.71. The molecule has 18 heavy (non-hydrogen) atoms. The number of fused-ring (bicyclic) bond motifs is 2. The van der Waals surface area contributed by atoms with E-state index in [1.807, 2.05) is 6.07 Å². The maximum Gasteiger partial charge on any atom is 0.341 e. The van der Waals surface area contributed by atoms with E-state index in [1.165, 1.54) is 10.7 Å². The van der Waals surface area contributed by atoms with E-state index < -0.39 is 5.97 Å². The number of hydrogen-bond acceptors (Lipinski definition) is 5. The van der Waals surface area contributed by atoms with Crippen LogP contribution in [0.2, 0.25) is 0 Å². The first-order chi connectivity index (χ1) is 8.74. The van der Waals surface area contributed by atoms with E-state index in [4.69, 9.17) is 9.84 Å². The van der Waals surface area contributed by atoms with Crippen molar-refractivity contribution in [3.05, 3.63) is 24.0 Å². The van der Waals surface area contributed by atoms with Crippen LogP contribution < -0.4 is 4.90 Å². The van der Waals surface area contributed by atoms with Gasteiger partial charge in [-0.2, -0.15) is 5.10 Å². The monoisotopic (exact) mass is 246 g/mol. The number of ether oxygens (including phenoxy) is 1. The van der Waals surface area contributed by atoms with Crippen LogP contribution >= 0.6 is 0 Å². The quantitative estimate of drug-likeness (QED) is 0.804. The normalized spacial score (nSPS) is 25.4. The molecule has 0 aliphatic carbocycles. The van der Waals surface area contributed by atoms with Gasteiger partial charge in [-0.05, 0) is 6.07 Å². The van der Waals surface area contributed by atoms with Gasteiger partial charge < -0.3 is 14.7 Å². The van der Waals surface area contributed by atoms with Gasteiger partial charge in [-0.3, -0.25) is 0 Å². The summed E-state index contributed by atoms with van der Waals surface area (Å²) in [6.45, 7) is 1.55. The van der Waals surface area contributed by atoms with Crippen molar-refractivity contribution in [3.8, 4) is 0 Å². The Morgan fingerprint density at radius 3 is 3.06 bits per heavy atom. The van der Waals surface area contributed by atoms with Crippen LogP contribution in [-0.4, -0.2) is 51.0 Å². The zero-order valence-corrected chi connectivity index (χ0v) is 9.35. The number of anilines is 1. The van der Waals surface area contributed by atoms with Gasteiger partial charge in [-0.15, -0.1) is 0 Å². The van der Waals surface area contributed by atoms with E-state index in [0.717, 1.165) is 19.0 Å². The number of carboxylic acids is 1. The lowest BCUT2D eigenvalue weighted by Gasteiger charge is -2.55. The molecule has 2 saturated heterocycles. The summed E-state index contributed by atoms with van der Waals surface area (Å²) in [4.78, 5) is 17.6. The largest absolute Gasteiger partial charge is 0.477 e. The number of carboxylic acid groups (broad SMARTS) is 1. The fourth-order valence-corrected chi connectivity index (χ4v) is 2.41. The molecule has 2 aromatic rings. The summed E-state index contributed by atoms with van der Waals surface area (Å²) in [6.07, 6.45) is 3.38. The number of nitrogens with zero attached hydrogens (tertiary/aromatic N) is 4. The highest BCUT2D eigenvalue weighted by atomic mass is 16.5. The van der Waals surface area contributed by atoms with Gasteiger partial charge in [0, 0.05) is 12.7 Å². The van der Waals surface area contributed by atoms with Gasteiger partial charge in [-0.25, -0.2) is 14.3 Å². The Balaban J connectivity index is 1.78. The number of aromatic carboxylic acids is 1. The number of rotatable bonds is 2. The van der Waals surface area contributed by atoms with Gasteiger partial charge in [-0.1, -0.05) is 0 Å². The van der Waals surface area contributed by atoms with E-state index in [-0.39, 0.29) is 5.56 Å². The van der Waals surface area contributed by atoms with E-state index >= 15 is 0 Å². The van der Waals surface area contributed by atoms with Crippen molar-refractivity contribution in [2.45, 2.75) is 12.1 Å². The molecule has 7 heteroatoms. The van der Waals surface area contributed by atoms with Crippen LogP contribution in [0, 0.1) is 0 Å². The third kappa shape index (κ3) is 1.14. The Bertz CT molecular complexity index is 653. The maximum atomic E-state index is 11.0. The third-order valence-corrected chi connectivity index (χ3v) is 3.57. The predicted octanol–water partition coefficient (Wildman–Crippen LogP) is 0.0149. The first kappa shape index (κ1) is 9.84. The Kier molecular flexibility index (Phi) is 1.75. The summed E-state index contributed by atoms with van der Waals surface area (Å²) in [7, 11) is 0. The van der Waals surface area contributed by atoms with Crippen molar-refractivity contribution in [2.75, 3.05) is 18.1 Å². The molecule has 0 amide bonds. The molecule has 0 radical (unpaired) electrons. The van der Waals surface area contributed by atoms with E-state index in [2.05, 4.69) is 15.0 Å². The second-order valence-corrected chi connectivity index (χ2v) is 4.51. The van der Waals surface area contributed by atoms with Crippen LogP contribution in [0.5, 0.6) is 0 Å². The van der Waals surface area contributed by atoms with Crippen molar-refractivity contribution in [2.24, 2.45) is 0 Å². The zero-order valence-electron chi connectivity index (χ0n) is 9.35. The molecule has 2 atom stereocenters. The van der Waals surface area contributed by atoms with Crippen LogP contribution in [0.1, 0.15) is 10.4 Å². The number of carbonyl (C=O) groups is 1. The summed E-state index contributed by atoms with van der Waals surface area (Å²) in [6, 6.07) is 2.25. The molecular formula is C11H10N4O3. The van der Waals surface area contributed by atoms with Crippen molar-refractivity contribution < 1.29 is 14.6 Å². The minimum Gasteiger partial charge on any atom is -0.477 e. The Hall–Kier alpha value is -2.15. The number of morpholine rings is 1. The lowest BCUT2D eigenvalue weighted by molar-refractivity contribution is -0.113. The zero-order chi connectivity index (χ0) is 12.3. The average Bonchev–Trinajstić information content (AvgIpc) is 2.75. The van der Waals surface area contributed by atoms with Crippen molar-refractivity contribution in [1.29, 1.82) is 0 Å². The summed E-state index contributed by atoms with van der Waals surface area (Å²) < 4.78 is 6.81. The topological polar surface area (TPSA) is 80.0 Å². The number of aromatic nitrogens is 3. The average molecular weight is 246 g/mol. The minimum atomic E-state index is -1.01. The van der Waals surface area contributed by atoms with Crippen LogP contribution in [0.3, 0.4) is 0 Å². The van der Waals surface area contributed by atoms with Crippen molar-refractivity contribution in [3.63, 3.8) is 0 Å². The Labute approximate surface area is 102 Å². The Morgan fingerprint density at radius 2 is 2.44 bits per heavy atom. The van der Waals surface area contributed by atoms with E-state index in [9.17, 15) is 4.79 Å². The molecule has 0 bridgehead atoms. The molecule has 92 valence electrons. The summed E-state index contributed by atoms with van der Waals surface area (Å²) >= 11 is 0. The standard InChI is InChI=1S/C11H10N4O3/c16-11(17)6-3-12-15-2-1-9(13-10(6)15)14-4-8-7(14)5-18-8/h1-3,7-8H,4-5H2,(H,16,17)/t7-,8?/m0/s1. The fourth-order valence-electron chi connectivity index (χ4n) is 2.41. The van der Waals surface area contributed by atoms with Crippen LogP contribution in [0.15, 0.2) is 18.5 Å². The first-order valence-electron chi connectivity index (χ1n) is 5.70. The highest BCUT2D eigenvalue weighted by Gasteiger charge is 2.47. The molecule has 2 aliphatic rings. The molecular weight excluding hydrogens is 236 g/mol. The predicted molar refractivity (Wildman–Crippen MR) is 60.8 cm³/mol. The Morgan fingerprint density at radius 1 is 1.56 bits per heavy atom. The molecule has 1 unspecified atom stereocenters. The first-order valence-corrected chi connectivity index (χ1v) is 5.70. The SMILES string of the molecule is O=C(O)c1cnn2ccc(N3CC4OC[C@@H]43)nc12. The molecule has 1 N–H and O–H groups in total. The van der Waals surface area contributed by atoms with Crippen LogP contribution in [-0.2, 0) is 4.74 Å². The van der Waals surface area contributed by atoms with Crippen LogP contribution in [0.25, 0.3) is 5.65 Å². The van der Waals surface area contributed by atoms with Crippen LogP contribution in [0.4, 0.5) is 5.82 Å². The fraction of sp³-hybridized carbons (Fsp3) is 0.364. The van der Waals surface area contributed by atoms with Crippen molar-refractivity contribution in [1.82, 2.24) is 14.6 Å². The molecule has 0 spiro atoms. The van der Waals surface area contributed by atoms with Gasteiger partial charge in [0.2, 0.25) is 0 Å². The van der Waals surface area contributed by atoms with Gasteiger partial charge in [0.1, 0.15) is 11.4 Å². The maximum absolute atomic E-state index is 11.0. The van der Waals surface area contributed by atoms with Gasteiger partial charge in [0.25, 0.3) is 0 Å². The molecule has 7 nitrogen and oxygen atoms in total. The summed E-state index contributed by atoms with van der Waals surface area (Å²) in [5.74, 6) is -0.224. The molecule has 0 saturated carbocycles. The van der Waals surface area contributed by atoms with Gasteiger partial charge in [0.15, 0.2) is 5.65 Å². The highest BCUT2D eigenvalue weighted by Crippen LogP contribution is 2.33. The summed E-state index contributed by atoms with van der Waals surface area (Å²) in [5.41, 5.74) is 0.502. The van der Waals surface area contributed by atoms with Gasteiger partial charge in [0.05, 0.1) is 24.9 Å². The lowest BCUT2D eigenvalue weighted by atomic mass is 9.95. The second-order valence-electron chi connectivity index (χ2n) is 4.51. The molecule has 2 aliphatic heterocycles. The molecule has 2 fully saturated rings. The van der Waals surface area contributed by atoms with E-state index in [1.54, 1.807) is 6.20 Å². The molecule has 0 aromatic carbocycles. The minimum absolute atomic E-state index is 0.124. The summed E-state index contributed by atoms with van der Waals surface area (Å²) in [5, 5.41) is 13.0. The molecule has 4 rings (SSSR count). The number of hydrogen-bond donors (Lipinski definition) is 1.